The fourth-order valence-electron chi connectivity index (χ4n) is 2.31. The Labute approximate surface area is 118 Å². The van der Waals surface area contributed by atoms with E-state index in [4.69, 9.17) is 15.0 Å². The van der Waals surface area contributed by atoms with Crippen LogP contribution in [0.5, 0.6) is 5.75 Å². The van der Waals surface area contributed by atoms with Crippen molar-refractivity contribution in [2.75, 3.05) is 6.61 Å². The van der Waals surface area contributed by atoms with Gasteiger partial charge in [-0.1, -0.05) is 17.3 Å². The molecule has 1 heterocycles. The van der Waals surface area contributed by atoms with Gasteiger partial charge in [0.2, 0.25) is 11.7 Å². The van der Waals surface area contributed by atoms with Crippen molar-refractivity contribution < 1.29 is 9.26 Å². The molecular formula is C15H19N3O2. The van der Waals surface area contributed by atoms with E-state index in [1.165, 1.54) is 0 Å². The third-order valence-corrected chi connectivity index (χ3v) is 3.72. The van der Waals surface area contributed by atoms with E-state index in [0.717, 1.165) is 24.2 Å². The molecule has 0 spiro atoms. The van der Waals surface area contributed by atoms with Crippen LogP contribution in [0.25, 0.3) is 11.4 Å². The zero-order valence-electron chi connectivity index (χ0n) is 11.8. The molecule has 1 aliphatic carbocycles. The average Bonchev–Trinajstić information content (AvgIpc) is 3.17. The van der Waals surface area contributed by atoms with Gasteiger partial charge < -0.3 is 15.0 Å². The number of rotatable bonds is 5. The second-order valence-electron chi connectivity index (χ2n) is 5.44. The fourth-order valence-corrected chi connectivity index (χ4v) is 2.31. The molecule has 3 rings (SSSR count). The number of nitrogens with zero attached hydrogens (tertiary/aromatic N) is 2. The summed E-state index contributed by atoms with van der Waals surface area (Å²) >= 11 is 0. The summed E-state index contributed by atoms with van der Waals surface area (Å²) in [4.78, 5) is 4.46. The topological polar surface area (TPSA) is 74.2 Å². The van der Waals surface area contributed by atoms with Crippen LogP contribution in [-0.2, 0) is 5.54 Å². The van der Waals surface area contributed by atoms with Crippen LogP contribution >= 0.6 is 0 Å². The summed E-state index contributed by atoms with van der Waals surface area (Å²) in [5.74, 6) is 2.32. The van der Waals surface area contributed by atoms with Crippen LogP contribution in [0.15, 0.2) is 28.8 Å². The minimum atomic E-state index is -0.525. The monoisotopic (exact) mass is 273 g/mol. The standard InChI is InChI=1S/C15H19N3O2/c1-3-19-12-6-4-5-10(9-12)13-17-14(20-18-13)15(2,16)11-7-8-11/h4-6,9,11H,3,7-8,16H2,1-2H3. The average molecular weight is 273 g/mol. The summed E-state index contributed by atoms with van der Waals surface area (Å²) in [5.41, 5.74) is 6.64. The first-order valence-electron chi connectivity index (χ1n) is 6.97. The van der Waals surface area contributed by atoms with Crippen molar-refractivity contribution >= 4 is 0 Å². The Kier molecular flexibility index (Phi) is 3.22. The molecule has 5 heteroatoms. The summed E-state index contributed by atoms with van der Waals surface area (Å²) in [5, 5.41) is 4.04. The highest BCUT2D eigenvalue weighted by molar-refractivity contribution is 5.56. The minimum absolute atomic E-state index is 0.450. The molecule has 0 amide bonds. The lowest BCUT2D eigenvalue weighted by molar-refractivity contribution is 0.273. The highest BCUT2D eigenvalue weighted by atomic mass is 16.5. The van der Waals surface area contributed by atoms with Gasteiger partial charge in [0.1, 0.15) is 5.75 Å². The van der Waals surface area contributed by atoms with Crippen molar-refractivity contribution in [3.63, 3.8) is 0 Å². The second kappa shape index (κ2) is 4.90. The zero-order chi connectivity index (χ0) is 14.2. The van der Waals surface area contributed by atoms with Crippen LogP contribution in [0.2, 0.25) is 0 Å². The van der Waals surface area contributed by atoms with Gasteiger partial charge in [-0.05, 0) is 44.7 Å². The molecule has 1 aromatic heterocycles. The van der Waals surface area contributed by atoms with Crippen LogP contribution in [-0.4, -0.2) is 16.7 Å². The lowest BCUT2D eigenvalue weighted by Gasteiger charge is -2.18. The van der Waals surface area contributed by atoms with Gasteiger partial charge >= 0.3 is 0 Å². The molecule has 1 aromatic carbocycles. The molecule has 0 radical (unpaired) electrons. The Hall–Kier alpha value is -1.88. The summed E-state index contributed by atoms with van der Waals surface area (Å²) in [6.45, 7) is 4.54. The molecule has 5 nitrogen and oxygen atoms in total. The van der Waals surface area contributed by atoms with E-state index in [0.29, 0.717) is 24.2 Å². The molecular weight excluding hydrogens is 254 g/mol. The van der Waals surface area contributed by atoms with Crippen molar-refractivity contribution in [1.82, 2.24) is 10.1 Å². The molecule has 1 atom stereocenters. The zero-order valence-corrected chi connectivity index (χ0v) is 11.8. The Balaban J connectivity index is 1.88. The summed E-state index contributed by atoms with van der Waals surface area (Å²) in [6, 6.07) is 7.66. The molecule has 106 valence electrons. The lowest BCUT2D eigenvalue weighted by atomic mass is 9.97. The van der Waals surface area contributed by atoms with Crippen molar-refractivity contribution in [1.29, 1.82) is 0 Å². The summed E-state index contributed by atoms with van der Waals surface area (Å²) < 4.78 is 10.8. The molecule has 0 bridgehead atoms. The van der Waals surface area contributed by atoms with Crippen LogP contribution in [0.3, 0.4) is 0 Å². The van der Waals surface area contributed by atoms with E-state index in [2.05, 4.69) is 10.1 Å². The number of aromatic nitrogens is 2. The smallest absolute Gasteiger partial charge is 0.247 e. The largest absolute Gasteiger partial charge is 0.494 e. The van der Waals surface area contributed by atoms with Crippen molar-refractivity contribution in [2.45, 2.75) is 32.2 Å². The maximum atomic E-state index is 6.29. The Bertz CT molecular complexity index is 603. The van der Waals surface area contributed by atoms with Gasteiger partial charge in [-0.15, -0.1) is 0 Å². The molecule has 20 heavy (non-hydrogen) atoms. The van der Waals surface area contributed by atoms with Crippen molar-refractivity contribution in [3.05, 3.63) is 30.2 Å². The maximum Gasteiger partial charge on any atom is 0.247 e. The molecule has 1 aliphatic rings. The highest BCUT2D eigenvalue weighted by Gasteiger charge is 2.43. The predicted octanol–water partition coefficient (Wildman–Crippen LogP) is 2.72. The minimum Gasteiger partial charge on any atom is -0.494 e. The maximum absolute atomic E-state index is 6.29. The third-order valence-electron chi connectivity index (χ3n) is 3.72. The number of nitrogens with two attached hydrogens (primary N) is 1. The number of hydrogen-bond donors (Lipinski definition) is 1. The molecule has 1 saturated carbocycles. The Morgan fingerprint density at radius 2 is 2.25 bits per heavy atom. The quantitative estimate of drug-likeness (QED) is 0.906. The van der Waals surface area contributed by atoms with Crippen LogP contribution in [0.1, 0.15) is 32.6 Å². The van der Waals surface area contributed by atoms with E-state index >= 15 is 0 Å². The third kappa shape index (κ3) is 2.41. The van der Waals surface area contributed by atoms with E-state index in [-0.39, 0.29) is 0 Å². The SMILES string of the molecule is CCOc1cccc(-c2noc(C(C)(N)C3CC3)n2)c1. The first kappa shape index (κ1) is 13.1. The van der Waals surface area contributed by atoms with Gasteiger partial charge in [0.15, 0.2) is 0 Å². The van der Waals surface area contributed by atoms with Crippen LogP contribution in [0.4, 0.5) is 0 Å². The van der Waals surface area contributed by atoms with Crippen LogP contribution in [0, 0.1) is 5.92 Å². The molecule has 0 saturated heterocycles. The van der Waals surface area contributed by atoms with E-state index in [9.17, 15) is 0 Å². The first-order valence-corrected chi connectivity index (χ1v) is 6.97. The molecule has 1 fully saturated rings. The fraction of sp³-hybridized carbons (Fsp3) is 0.467. The molecule has 2 N–H and O–H groups in total. The van der Waals surface area contributed by atoms with Gasteiger partial charge in [0.25, 0.3) is 0 Å². The van der Waals surface area contributed by atoms with Crippen molar-refractivity contribution in [3.8, 4) is 17.1 Å². The van der Waals surface area contributed by atoms with Gasteiger partial charge in [-0.2, -0.15) is 4.98 Å². The van der Waals surface area contributed by atoms with Crippen LogP contribution < -0.4 is 10.5 Å². The Morgan fingerprint density at radius 3 is 2.95 bits per heavy atom. The van der Waals surface area contributed by atoms with Gasteiger partial charge in [-0.25, -0.2) is 0 Å². The summed E-state index contributed by atoms with van der Waals surface area (Å²) in [7, 11) is 0. The van der Waals surface area contributed by atoms with Gasteiger partial charge in [0, 0.05) is 5.56 Å². The summed E-state index contributed by atoms with van der Waals surface area (Å²) in [6.07, 6.45) is 2.26. The lowest BCUT2D eigenvalue weighted by Crippen LogP contribution is -2.35. The molecule has 0 aliphatic heterocycles. The predicted molar refractivity (Wildman–Crippen MR) is 75.2 cm³/mol. The van der Waals surface area contributed by atoms with Gasteiger partial charge in [-0.3, -0.25) is 0 Å². The number of benzene rings is 1. The van der Waals surface area contributed by atoms with E-state index in [1.54, 1.807) is 0 Å². The van der Waals surface area contributed by atoms with E-state index < -0.39 is 5.54 Å². The normalized spacial score (nSPS) is 17.8. The molecule has 1 unspecified atom stereocenters. The van der Waals surface area contributed by atoms with E-state index in [1.807, 2.05) is 38.1 Å². The highest BCUT2D eigenvalue weighted by Crippen LogP contribution is 2.43. The second-order valence-corrected chi connectivity index (χ2v) is 5.44. The number of ether oxygens (including phenoxy) is 1. The number of hydrogen-bond acceptors (Lipinski definition) is 5. The van der Waals surface area contributed by atoms with Crippen molar-refractivity contribution in [2.24, 2.45) is 11.7 Å². The molecule has 2 aromatic rings. The Morgan fingerprint density at radius 1 is 1.45 bits per heavy atom. The van der Waals surface area contributed by atoms with Gasteiger partial charge in [0.05, 0.1) is 12.1 Å². The first-order chi connectivity index (χ1) is 9.61.